The van der Waals surface area contributed by atoms with Gasteiger partial charge in [-0.15, -0.1) is 0 Å². The number of hydrogen-bond donors (Lipinski definition) is 3. The summed E-state index contributed by atoms with van der Waals surface area (Å²) in [6.45, 7) is 0.408. The molecular weight excluding hydrogens is 300 g/mol. The highest BCUT2D eigenvalue weighted by Crippen LogP contribution is 2.55. The van der Waals surface area contributed by atoms with E-state index in [1.165, 1.54) is 0 Å². The first-order chi connectivity index (χ1) is 10.5. The Morgan fingerprint density at radius 2 is 2.00 bits per heavy atom. The summed E-state index contributed by atoms with van der Waals surface area (Å²) in [4.78, 5) is 15.6. The number of H-pyrrole nitrogens is 1. The zero-order chi connectivity index (χ0) is 15.3. The molecule has 0 atom stereocenters. The van der Waals surface area contributed by atoms with Gasteiger partial charge in [-0.1, -0.05) is 24.3 Å². The van der Waals surface area contributed by atoms with Crippen molar-refractivity contribution in [3.05, 3.63) is 64.1 Å². The topological polar surface area (TPSA) is 78.2 Å². The van der Waals surface area contributed by atoms with Crippen LogP contribution in [0.1, 0.15) is 11.1 Å². The molecule has 1 aliphatic heterocycles. The molecule has 0 radical (unpaired) electrons. The van der Waals surface area contributed by atoms with Gasteiger partial charge in [-0.3, -0.25) is 13.7 Å². The molecule has 0 aliphatic carbocycles. The minimum Gasteiger partial charge on any atom is -0.306 e. The number of benzene rings is 2. The molecule has 1 aromatic heterocycles. The fraction of sp³-hybridized carbons (Fsp3) is 0.188. The summed E-state index contributed by atoms with van der Waals surface area (Å²) in [6.07, 6.45) is 0.699. The second-order valence-electron chi connectivity index (χ2n) is 5.60. The largest absolute Gasteiger partial charge is 0.326 e. The number of imidazole rings is 1. The number of aryl methyl sites for hydroxylation is 1. The summed E-state index contributed by atoms with van der Waals surface area (Å²) >= 11 is 0. The van der Waals surface area contributed by atoms with Gasteiger partial charge in [0.15, 0.2) is 0 Å². The summed E-state index contributed by atoms with van der Waals surface area (Å²) in [7, 11) is -2.65. The van der Waals surface area contributed by atoms with E-state index in [9.17, 15) is 13.9 Å². The molecule has 114 valence electrons. The smallest absolute Gasteiger partial charge is 0.306 e. The van der Waals surface area contributed by atoms with Crippen LogP contribution in [0.2, 0.25) is 0 Å². The van der Waals surface area contributed by atoms with Crippen molar-refractivity contribution in [1.82, 2.24) is 9.55 Å². The fourth-order valence-electron chi connectivity index (χ4n) is 3.02. The van der Waals surface area contributed by atoms with E-state index in [2.05, 4.69) is 4.98 Å². The number of nitrogens with zero attached hydrogens (tertiary/aromatic N) is 1. The molecule has 3 aromatic rings. The van der Waals surface area contributed by atoms with Gasteiger partial charge in [-0.25, -0.2) is 4.79 Å². The van der Waals surface area contributed by atoms with Crippen LogP contribution in [0.3, 0.4) is 0 Å². The van der Waals surface area contributed by atoms with Crippen LogP contribution in [0.25, 0.3) is 11.0 Å². The predicted molar refractivity (Wildman–Crippen MR) is 87.8 cm³/mol. The molecule has 1 aliphatic rings. The van der Waals surface area contributed by atoms with Crippen molar-refractivity contribution in [2.75, 3.05) is 5.75 Å². The van der Waals surface area contributed by atoms with Crippen molar-refractivity contribution in [1.29, 1.82) is 0 Å². The Morgan fingerprint density at radius 3 is 2.86 bits per heavy atom. The monoisotopic (exact) mass is 316 g/mol. The molecule has 0 bridgehead atoms. The van der Waals surface area contributed by atoms with Crippen molar-refractivity contribution >= 4 is 21.6 Å². The highest BCUT2D eigenvalue weighted by atomic mass is 32.3. The Balaban J connectivity index is 1.78. The zero-order valence-corrected chi connectivity index (χ0v) is 12.6. The van der Waals surface area contributed by atoms with Crippen LogP contribution in [-0.2, 0) is 13.0 Å². The molecule has 0 unspecified atom stereocenters. The van der Waals surface area contributed by atoms with E-state index in [0.717, 1.165) is 22.2 Å². The first-order valence-electron chi connectivity index (χ1n) is 7.10. The highest BCUT2D eigenvalue weighted by molar-refractivity contribution is 8.24. The summed E-state index contributed by atoms with van der Waals surface area (Å²) in [5, 5.41) is 0. The molecular formula is C16H16N2O3S. The van der Waals surface area contributed by atoms with E-state index in [4.69, 9.17) is 0 Å². The second-order valence-corrected chi connectivity index (χ2v) is 7.78. The zero-order valence-electron chi connectivity index (χ0n) is 11.8. The van der Waals surface area contributed by atoms with E-state index in [0.29, 0.717) is 23.6 Å². The second kappa shape index (κ2) is 4.74. The third kappa shape index (κ3) is 2.08. The molecule has 3 N–H and O–H groups in total. The Kier molecular flexibility index (Phi) is 2.94. The first-order valence-corrected chi connectivity index (χ1v) is 8.81. The van der Waals surface area contributed by atoms with Crippen molar-refractivity contribution in [3.8, 4) is 0 Å². The van der Waals surface area contributed by atoms with Gasteiger partial charge in [-0.05, 0) is 35.7 Å². The van der Waals surface area contributed by atoms with Crippen LogP contribution in [-0.4, -0.2) is 24.4 Å². The van der Waals surface area contributed by atoms with Gasteiger partial charge in [0.1, 0.15) is 0 Å². The van der Waals surface area contributed by atoms with E-state index in [-0.39, 0.29) is 5.69 Å². The van der Waals surface area contributed by atoms with Gasteiger partial charge in [0.25, 0.3) is 0 Å². The summed E-state index contributed by atoms with van der Waals surface area (Å²) in [5.74, 6) is 0.402. The molecule has 4 rings (SSSR count). The number of aromatic nitrogens is 2. The Bertz CT molecular complexity index is 927. The lowest BCUT2D eigenvalue weighted by atomic mass is 10.1. The molecule has 22 heavy (non-hydrogen) atoms. The molecule has 2 aromatic carbocycles. The number of fused-ring (bicyclic) bond motifs is 2. The van der Waals surface area contributed by atoms with Crippen LogP contribution in [0.15, 0.2) is 52.2 Å². The molecule has 0 saturated heterocycles. The van der Waals surface area contributed by atoms with Gasteiger partial charge in [0.2, 0.25) is 0 Å². The maximum atomic E-state index is 12.1. The average Bonchev–Trinajstić information content (AvgIpc) is 2.97. The van der Waals surface area contributed by atoms with Crippen LogP contribution >= 0.6 is 10.6 Å². The molecule has 5 nitrogen and oxygen atoms in total. The maximum Gasteiger partial charge on any atom is 0.326 e. The van der Waals surface area contributed by atoms with Gasteiger partial charge >= 0.3 is 5.69 Å². The van der Waals surface area contributed by atoms with Crippen LogP contribution < -0.4 is 5.69 Å². The lowest BCUT2D eigenvalue weighted by Crippen LogP contribution is -2.17. The molecule has 0 amide bonds. The minimum absolute atomic E-state index is 0.159. The SMILES string of the molecule is O=c1[nH]c2ccccc2n1Cc1ccc2c(c1)S(O)(O)CC2. The standard InChI is InChI=1S/C16H16N2O3S/c19-16-17-13-3-1-2-4-14(13)18(16)10-11-5-6-12-7-8-22(20,21)15(12)9-11/h1-6,9,20-21H,7-8,10H2,(H,17,19). The van der Waals surface area contributed by atoms with Crippen molar-refractivity contribution < 1.29 is 9.11 Å². The van der Waals surface area contributed by atoms with Gasteiger partial charge in [0.05, 0.1) is 22.5 Å². The lowest BCUT2D eigenvalue weighted by molar-refractivity contribution is 0.492. The number of nitrogens with one attached hydrogen (secondary N) is 1. The number of para-hydroxylation sites is 2. The van der Waals surface area contributed by atoms with Crippen molar-refractivity contribution in [2.45, 2.75) is 17.9 Å². The third-order valence-corrected chi connectivity index (χ3v) is 6.02. The van der Waals surface area contributed by atoms with Crippen molar-refractivity contribution in [2.24, 2.45) is 0 Å². The number of rotatable bonds is 2. The molecule has 2 heterocycles. The Morgan fingerprint density at radius 1 is 1.18 bits per heavy atom. The predicted octanol–water partition coefficient (Wildman–Crippen LogP) is 3.04. The Hall–Kier alpha value is -2.02. The fourth-order valence-corrected chi connectivity index (χ4v) is 4.67. The van der Waals surface area contributed by atoms with Crippen LogP contribution in [0.4, 0.5) is 0 Å². The molecule has 0 saturated carbocycles. The summed E-state index contributed by atoms with van der Waals surface area (Å²) < 4.78 is 21.8. The summed E-state index contributed by atoms with van der Waals surface area (Å²) in [5.41, 5.74) is 3.38. The molecule has 0 fully saturated rings. The molecule has 6 heteroatoms. The van der Waals surface area contributed by atoms with Gasteiger partial charge in [-0.2, -0.15) is 10.6 Å². The van der Waals surface area contributed by atoms with Crippen LogP contribution in [0.5, 0.6) is 0 Å². The lowest BCUT2D eigenvalue weighted by Gasteiger charge is -2.27. The van der Waals surface area contributed by atoms with Crippen molar-refractivity contribution in [3.63, 3.8) is 0 Å². The van der Waals surface area contributed by atoms with E-state index >= 15 is 0 Å². The Labute approximate surface area is 128 Å². The highest BCUT2D eigenvalue weighted by Gasteiger charge is 2.26. The van der Waals surface area contributed by atoms with Gasteiger partial charge < -0.3 is 4.98 Å². The third-order valence-electron chi connectivity index (χ3n) is 4.16. The van der Waals surface area contributed by atoms with Crippen LogP contribution in [0, 0.1) is 0 Å². The first kappa shape index (κ1) is 13.6. The van der Waals surface area contributed by atoms with E-state index in [1.54, 1.807) is 4.57 Å². The quantitative estimate of drug-likeness (QED) is 0.680. The normalized spacial score (nSPS) is 17.5. The minimum atomic E-state index is -2.65. The van der Waals surface area contributed by atoms with E-state index < -0.39 is 10.6 Å². The number of hydrogen-bond acceptors (Lipinski definition) is 3. The number of aromatic amines is 1. The maximum absolute atomic E-state index is 12.1. The van der Waals surface area contributed by atoms with Gasteiger partial charge in [0, 0.05) is 5.75 Å². The summed E-state index contributed by atoms with van der Waals surface area (Å²) in [6, 6.07) is 13.3. The van der Waals surface area contributed by atoms with E-state index in [1.807, 2.05) is 42.5 Å². The molecule has 0 spiro atoms. The average molecular weight is 316 g/mol.